The Hall–Kier alpha value is -2.17. The maximum atomic E-state index is 5.90. The number of rotatable bonds is 5. The van der Waals surface area contributed by atoms with Gasteiger partial charge in [0.25, 0.3) is 0 Å². The van der Waals surface area contributed by atoms with Gasteiger partial charge in [-0.25, -0.2) is 0 Å². The topological polar surface area (TPSA) is 28.3 Å². The molecule has 150 valence electrons. The van der Waals surface area contributed by atoms with E-state index in [1.807, 2.05) is 0 Å². The molecule has 0 radical (unpaired) electrons. The van der Waals surface area contributed by atoms with E-state index in [4.69, 9.17) is 17.0 Å². The molecule has 1 fully saturated rings. The number of benzene rings is 2. The molecule has 3 nitrogen and oxygen atoms in total. The van der Waals surface area contributed by atoms with E-state index in [0.29, 0.717) is 5.92 Å². The van der Waals surface area contributed by atoms with Gasteiger partial charge in [-0.15, -0.1) is 0 Å². The lowest BCUT2D eigenvalue weighted by Crippen LogP contribution is -2.34. The fourth-order valence-electron chi connectivity index (χ4n) is 5.14. The van der Waals surface area contributed by atoms with E-state index in [1.54, 1.807) is 7.11 Å². The van der Waals surface area contributed by atoms with Crippen molar-refractivity contribution in [2.24, 2.45) is 11.8 Å². The van der Waals surface area contributed by atoms with Gasteiger partial charge in [-0.3, -0.25) is 4.90 Å². The molecule has 1 unspecified atom stereocenters. The molecule has 1 saturated heterocycles. The lowest BCUT2D eigenvalue weighted by Gasteiger charge is -2.33. The third-order valence-electron chi connectivity index (χ3n) is 6.76. The average Bonchev–Trinajstić information content (AvgIpc) is 3.26. The van der Waals surface area contributed by atoms with Crippen LogP contribution in [0, 0.1) is 11.8 Å². The zero-order chi connectivity index (χ0) is 19.8. The number of nitrogens with one attached hydrogen (secondary N) is 1. The van der Waals surface area contributed by atoms with Crippen LogP contribution in [0.2, 0.25) is 0 Å². The lowest BCUT2D eigenvalue weighted by atomic mass is 9.85. The van der Waals surface area contributed by atoms with Gasteiger partial charge in [0.1, 0.15) is 5.75 Å². The summed E-state index contributed by atoms with van der Waals surface area (Å²) in [6.07, 6.45) is 4.90. The number of likely N-dealkylation sites (tertiary alicyclic amines) is 1. The van der Waals surface area contributed by atoms with Crippen molar-refractivity contribution in [1.29, 1.82) is 0 Å². The highest BCUT2D eigenvalue weighted by Crippen LogP contribution is 2.39. The number of H-pyrrole nitrogens is 1. The Bertz CT molecular complexity index is 1020. The minimum Gasteiger partial charge on any atom is -0.497 e. The van der Waals surface area contributed by atoms with Crippen molar-refractivity contribution in [3.05, 3.63) is 65.4 Å². The first-order valence-corrected chi connectivity index (χ1v) is 11.1. The number of fused-ring (bicyclic) bond motifs is 3. The Balaban J connectivity index is 1.20. The van der Waals surface area contributed by atoms with Gasteiger partial charge in [0.15, 0.2) is 0 Å². The third-order valence-corrected chi connectivity index (χ3v) is 7.29. The van der Waals surface area contributed by atoms with Crippen molar-refractivity contribution in [2.75, 3.05) is 20.2 Å². The fraction of sp³-hybridized carbons (Fsp3) is 0.400. The van der Waals surface area contributed by atoms with Crippen LogP contribution >= 0.6 is 12.2 Å². The van der Waals surface area contributed by atoms with Crippen LogP contribution in [0.4, 0.5) is 0 Å². The van der Waals surface area contributed by atoms with Crippen molar-refractivity contribution >= 4 is 28.0 Å². The number of ether oxygens (including phenoxy) is 1. The summed E-state index contributed by atoms with van der Waals surface area (Å²) < 4.78 is 5.36. The van der Waals surface area contributed by atoms with E-state index in [-0.39, 0.29) is 0 Å². The monoisotopic (exact) mass is 404 g/mol. The minimum atomic E-state index is 0.517. The Morgan fingerprint density at radius 2 is 1.90 bits per heavy atom. The van der Waals surface area contributed by atoms with Crippen molar-refractivity contribution < 1.29 is 4.74 Å². The Kier molecular flexibility index (Phi) is 5.15. The predicted octanol–water partition coefficient (Wildman–Crippen LogP) is 5.37. The highest BCUT2D eigenvalue weighted by Gasteiger charge is 2.33. The van der Waals surface area contributed by atoms with Crippen LogP contribution in [-0.4, -0.2) is 34.9 Å². The number of thiocarbonyl (C=S) groups is 1. The predicted molar refractivity (Wildman–Crippen MR) is 123 cm³/mol. The zero-order valence-corrected chi connectivity index (χ0v) is 17.8. The van der Waals surface area contributed by atoms with Gasteiger partial charge in [-0.2, -0.15) is 0 Å². The molecule has 2 aromatic carbocycles. The molecule has 1 N–H and O–H groups in total. The summed E-state index contributed by atoms with van der Waals surface area (Å²) in [6, 6.07) is 17.1. The van der Waals surface area contributed by atoms with Gasteiger partial charge >= 0.3 is 0 Å². The number of hydrogen-bond acceptors (Lipinski definition) is 3. The van der Waals surface area contributed by atoms with Crippen LogP contribution in [0.25, 0.3) is 10.9 Å². The molecule has 0 amide bonds. The third kappa shape index (κ3) is 3.72. The van der Waals surface area contributed by atoms with Crippen LogP contribution in [-0.2, 0) is 13.0 Å². The minimum absolute atomic E-state index is 0.517. The molecule has 3 aromatic rings. The Morgan fingerprint density at radius 1 is 1.10 bits per heavy atom. The maximum Gasteiger partial charge on any atom is 0.120 e. The molecule has 1 aromatic heterocycles. The molecule has 2 heterocycles. The van der Waals surface area contributed by atoms with E-state index in [1.165, 1.54) is 54.6 Å². The van der Waals surface area contributed by atoms with Crippen LogP contribution in [0.1, 0.15) is 36.1 Å². The van der Waals surface area contributed by atoms with E-state index >= 15 is 0 Å². The molecule has 5 rings (SSSR count). The molecule has 1 aliphatic carbocycles. The number of methoxy groups -OCH3 is 1. The molecule has 1 atom stereocenters. The van der Waals surface area contributed by atoms with E-state index in [2.05, 4.69) is 58.4 Å². The summed E-state index contributed by atoms with van der Waals surface area (Å²) >= 11 is 5.90. The molecular weight excluding hydrogens is 376 g/mol. The van der Waals surface area contributed by atoms with Crippen LogP contribution < -0.4 is 4.74 Å². The quantitative estimate of drug-likeness (QED) is 0.580. The van der Waals surface area contributed by atoms with Gasteiger partial charge < -0.3 is 9.72 Å². The van der Waals surface area contributed by atoms with Gasteiger partial charge in [-0.1, -0.05) is 42.5 Å². The standard InChI is InChI=1S/C25H28N2OS/c1-28-20-7-8-21-22-14-19(25(29)24(22)26-23(21)15-20)13-17-9-11-27(12-10-17)16-18-5-3-2-4-6-18/h2-8,15,17,19,26H,9-14,16H2,1H3. The summed E-state index contributed by atoms with van der Waals surface area (Å²) in [7, 11) is 1.71. The molecule has 4 heteroatoms. The SMILES string of the molecule is COc1ccc2c3c([nH]c2c1)C(=S)C(CC1CCN(Cc2ccccc2)CC1)C3. The molecule has 0 spiro atoms. The summed E-state index contributed by atoms with van der Waals surface area (Å²) in [6.45, 7) is 3.48. The molecular formula is C25H28N2OS. The van der Waals surface area contributed by atoms with Crippen molar-refractivity contribution in [2.45, 2.75) is 32.2 Å². The zero-order valence-electron chi connectivity index (χ0n) is 17.0. The first kappa shape index (κ1) is 18.8. The molecule has 0 bridgehead atoms. The molecule has 29 heavy (non-hydrogen) atoms. The van der Waals surface area contributed by atoms with Gasteiger partial charge in [0.05, 0.1) is 12.8 Å². The smallest absolute Gasteiger partial charge is 0.120 e. The van der Waals surface area contributed by atoms with Gasteiger partial charge in [0, 0.05) is 34.3 Å². The van der Waals surface area contributed by atoms with Crippen LogP contribution in [0.3, 0.4) is 0 Å². The normalized spacial score (nSPS) is 20.3. The van der Waals surface area contributed by atoms with Crippen molar-refractivity contribution in [3.8, 4) is 5.75 Å². The second-order valence-electron chi connectivity index (χ2n) is 8.60. The van der Waals surface area contributed by atoms with E-state index < -0.39 is 0 Å². The average molecular weight is 405 g/mol. The Labute approximate surface area is 178 Å². The van der Waals surface area contributed by atoms with E-state index in [9.17, 15) is 0 Å². The number of nitrogens with zero attached hydrogens (tertiary/aromatic N) is 1. The van der Waals surface area contributed by atoms with Crippen LogP contribution in [0.15, 0.2) is 48.5 Å². The summed E-state index contributed by atoms with van der Waals surface area (Å²) in [5.74, 6) is 2.20. The van der Waals surface area contributed by atoms with Crippen molar-refractivity contribution in [3.63, 3.8) is 0 Å². The summed E-state index contributed by atoms with van der Waals surface area (Å²) in [4.78, 5) is 7.31. The molecule has 2 aliphatic rings. The highest BCUT2D eigenvalue weighted by molar-refractivity contribution is 7.80. The number of aromatic nitrogens is 1. The lowest BCUT2D eigenvalue weighted by molar-refractivity contribution is 0.167. The number of aromatic amines is 1. The van der Waals surface area contributed by atoms with E-state index in [0.717, 1.165) is 35.0 Å². The molecule has 0 saturated carbocycles. The van der Waals surface area contributed by atoms with Crippen LogP contribution in [0.5, 0.6) is 5.75 Å². The van der Waals surface area contributed by atoms with Crippen molar-refractivity contribution in [1.82, 2.24) is 9.88 Å². The fourth-order valence-corrected chi connectivity index (χ4v) is 5.50. The largest absolute Gasteiger partial charge is 0.497 e. The first-order valence-electron chi connectivity index (χ1n) is 10.7. The summed E-state index contributed by atoms with van der Waals surface area (Å²) in [5.41, 5.74) is 5.18. The number of hydrogen-bond donors (Lipinski definition) is 1. The highest BCUT2D eigenvalue weighted by atomic mass is 32.1. The second-order valence-corrected chi connectivity index (χ2v) is 9.04. The maximum absolute atomic E-state index is 5.90. The summed E-state index contributed by atoms with van der Waals surface area (Å²) in [5, 5.41) is 1.31. The molecule has 1 aliphatic heterocycles. The first-order chi connectivity index (χ1) is 14.2. The second kappa shape index (κ2) is 7.92. The number of piperidine rings is 1. The van der Waals surface area contributed by atoms with Gasteiger partial charge in [-0.05, 0) is 68.0 Å². The van der Waals surface area contributed by atoms with Gasteiger partial charge in [0.2, 0.25) is 0 Å². The Morgan fingerprint density at radius 3 is 2.66 bits per heavy atom.